The Balaban J connectivity index is 1.62. The minimum absolute atomic E-state index is 0.0388. The average molecular weight is 270 g/mol. The Hall–Kier alpha value is -0.610. The van der Waals surface area contributed by atoms with E-state index >= 15 is 0 Å². The van der Waals surface area contributed by atoms with Gasteiger partial charge in [0.1, 0.15) is 0 Å². The van der Waals surface area contributed by atoms with Crippen LogP contribution in [0, 0.1) is 17.3 Å². The van der Waals surface area contributed by atoms with Crippen LogP contribution in [0.25, 0.3) is 0 Å². The van der Waals surface area contributed by atoms with Crippen LogP contribution in [0.1, 0.15) is 51.4 Å². The van der Waals surface area contributed by atoms with Crippen molar-refractivity contribution in [1.82, 2.24) is 0 Å². The molecule has 110 valence electrons. The van der Waals surface area contributed by atoms with Crippen LogP contribution < -0.4 is 0 Å². The van der Waals surface area contributed by atoms with E-state index in [-0.39, 0.29) is 24.1 Å². The van der Waals surface area contributed by atoms with E-state index in [1.165, 1.54) is 7.11 Å². The van der Waals surface area contributed by atoms with Crippen LogP contribution in [-0.4, -0.2) is 36.0 Å². The smallest absolute Gasteiger partial charge is 0.305 e. The van der Waals surface area contributed by atoms with Crippen LogP contribution in [0.3, 0.4) is 0 Å². The maximum Gasteiger partial charge on any atom is 0.305 e. The van der Waals surface area contributed by atoms with Crippen molar-refractivity contribution >= 4 is 5.97 Å². The van der Waals surface area contributed by atoms with Crippen molar-refractivity contribution in [1.29, 1.82) is 0 Å². The normalized spacial score (nSPS) is 36.1. The third-order valence-corrected chi connectivity index (χ3v) is 5.29. The average Bonchev–Trinajstić information content (AvgIpc) is 2.95. The number of aliphatic hydroxyl groups is 2. The van der Waals surface area contributed by atoms with Gasteiger partial charge in [0.05, 0.1) is 13.2 Å². The summed E-state index contributed by atoms with van der Waals surface area (Å²) in [6.07, 6.45) is 7.42. The first-order chi connectivity index (χ1) is 9.16. The highest BCUT2D eigenvalue weighted by Crippen LogP contribution is 2.70. The van der Waals surface area contributed by atoms with Crippen molar-refractivity contribution < 1.29 is 19.7 Å². The summed E-state index contributed by atoms with van der Waals surface area (Å²) >= 11 is 0. The lowest BCUT2D eigenvalue weighted by Crippen LogP contribution is -2.22. The molecule has 2 aliphatic carbocycles. The molecule has 2 aliphatic rings. The second-order valence-corrected chi connectivity index (χ2v) is 6.09. The summed E-state index contributed by atoms with van der Waals surface area (Å²) in [4.78, 5) is 11.0. The monoisotopic (exact) mass is 270 g/mol. The number of unbranched alkanes of at least 4 members (excludes halogenated alkanes) is 3. The molecule has 2 rings (SSSR count). The quantitative estimate of drug-likeness (QED) is 0.522. The number of hydrogen-bond acceptors (Lipinski definition) is 4. The van der Waals surface area contributed by atoms with Gasteiger partial charge in [0.15, 0.2) is 0 Å². The molecule has 0 aromatic rings. The molecular weight excluding hydrogens is 244 g/mol. The van der Waals surface area contributed by atoms with Gasteiger partial charge < -0.3 is 14.9 Å². The number of aliphatic hydroxyl groups excluding tert-OH is 2. The SMILES string of the molecule is COC(=O)CCCCCCC12C(O)CCC1C2CO. The van der Waals surface area contributed by atoms with Crippen LogP contribution in [0.5, 0.6) is 0 Å². The molecule has 4 atom stereocenters. The molecule has 2 fully saturated rings. The van der Waals surface area contributed by atoms with Crippen molar-refractivity contribution in [3.63, 3.8) is 0 Å². The summed E-state index contributed by atoms with van der Waals surface area (Å²) < 4.78 is 4.60. The van der Waals surface area contributed by atoms with Gasteiger partial charge in [-0.1, -0.05) is 19.3 Å². The van der Waals surface area contributed by atoms with Crippen molar-refractivity contribution in [2.75, 3.05) is 13.7 Å². The molecule has 19 heavy (non-hydrogen) atoms. The van der Waals surface area contributed by atoms with Gasteiger partial charge in [-0.3, -0.25) is 4.79 Å². The molecule has 0 bridgehead atoms. The van der Waals surface area contributed by atoms with E-state index in [4.69, 9.17) is 0 Å². The van der Waals surface area contributed by atoms with Crippen LogP contribution in [0.2, 0.25) is 0 Å². The van der Waals surface area contributed by atoms with E-state index in [0.717, 1.165) is 44.9 Å². The van der Waals surface area contributed by atoms with Gasteiger partial charge in [0.2, 0.25) is 0 Å². The minimum atomic E-state index is -0.204. The van der Waals surface area contributed by atoms with Crippen LogP contribution in [0.15, 0.2) is 0 Å². The molecule has 0 heterocycles. The molecule has 4 nitrogen and oxygen atoms in total. The highest BCUT2D eigenvalue weighted by molar-refractivity contribution is 5.68. The van der Waals surface area contributed by atoms with Crippen LogP contribution in [-0.2, 0) is 9.53 Å². The number of rotatable bonds is 8. The summed E-state index contributed by atoms with van der Waals surface area (Å²) in [6.45, 7) is 0.226. The largest absolute Gasteiger partial charge is 0.469 e. The van der Waals surface area contributed by atoms with E-state index in [0.29, 0.717) is 18.3 Å². The first kappa shape index (κ1) is 14.8. The summed E-state index contributed by atoms with van der Waals surface area (Å²) in [5.74, 6) is 0.765. The summed E-state index contributed by atoms with van der Waals surface area (Å²) in [6, 6.07) is 0. The van der Waals surface area contributed by atoms with Crippen molar-refractivity contribution in [3.8, 4) is 0 Å². The highest BCUT2D eigenvalue weighted by atomic mass is 16.5. The maximum atomic E-state index is 11.0. The highest BCUT2D eigenvalue weighted by Gasteiger charge is 2.69. The summed E-state index contributed by atoms with van der Waals surface area (Å²) in [5.41, 5.74) is 0.0388. The molecule has 0 radical (unpaired) electrons. The number of carbonyl (C=O) groups excluding carboxylic acids is 1. The molecule has 0 saturated heterocycles. The van der Waals surface area contributed by atoms with Crippen LogP contribution >= 0.6 is 0 Å². The van der Waals surface area contributed by atoms with Gasteiger partial charge >= 0.3 is 5.97 Å². The topological polar surface area (TPSA) is 66.8 Å². The molecule has 0 aromatic carbocycles. The van der Waals surface area contributed by atoms with Crippen molar-refractivity contribution in [3.05, 3.63) is 0 Å². The van der Waals surface area contributed by atoms with Gasteiger partial charge in [-0.2, -0.15) is 0 Å². The Morgan fingerprint density at radius 2 is 2.00 bits per heavy atom. The lowest BCUT2D eigenvalue weighted by atomic mass is 9.90. The third kappa shape index (κ3) is 2.79. The van der Waals surface area contributed by atoms with Crippen LogP contribution in [0.4, 0.5) is 0 Å². The van der Waals surface area contributed by atoms with E-state index in [1.54, 1.807) is 0 Å². The zero-order valence-electron chi connectivity index (χ0n) is 11.8. The number of carbonyl (C=O) groups is 1. The number of ether oxygens (including phenoxy) is 1. The Morgan fingerprint density at radius 1 is 1.26 bits per heavy atom. The van der Waals surface area contributed by atoms with Gasteiger partial charge in [0, 0.05) is 18.4 Å². The number of methoxy groups -OCH3 is 1. The minimum Gasteiger partial charge on any atom is -0.469 e. The summed E-state index contributed by atoms with van der Waals surface area (Å²) in [7, 11) is 1.42. The predicted octanol–water partition coefficient (Wildman–Crippen LogP) is 1.88. The number of esters is 1. The molecule has 2 N–H and O–H groups in total. The molecule has 0 spiro atoms. The Labute approximate surface area is 115 Å². The second-order valence-electron chi connectivity index (χ2n) is 6.09. The standard InChI is InChI=1S/C15H26O4/c1-19-14(18)6-4-2-3-5-9-15-11(12(15)10-16)7-8-13(15)17/h11-13,16-17H,2-10H2,1H3. The Morgan fingerprint density at radius 3 is 2.63 bits per heavy atom. The lowest BCUT2D eigenvalue weighted by molar-refractivity contribution is -0.140. The van der Waals surface area contributed by atoms with E-state index < -0.39 is 0 Å². The lowest BCUT2D eigenvalue weighted by Gasteiger charge is -2.20. The molecule has 4 unspecified atom stereocenters. The first-order valence-electron chi connectivity index (χ1n) is 7.52. The second kappa shape index (κ2) is 6.23. The zero-order chi connectivity index (χ0) is 13.9. The molecular formula is C15H26O4. The Kier molecular flexibility index (Phi) is 4.85. The number of hydrogen-bond donors (Lipinski definition) is 2. The summed E-state index contributed by atoms with van der Waals surface area (Å²) in [5, 5.41) is 19.5. The third-order valence-electron chi connectivity index (χ3n) is 5.29. The molecule has 4 heteroatoms. The van der Waals surface area contributed by atoms with E-state index in [9.17, 15) is 15.0 Å². The zero-order valence-corrected chi connectivity index (χ0v) is 11.8. The number of fused-ring (bicyclic) bond motifs is 1. The fourth-order valence-corrected chi connectivity index (χ4v) is 4.19. The predicted molar refractivity (Wildman–Crippen MR) is 71.5 cm³/mol. The maximum absolute atomic E-state index is 11.0. The molecule has 0 amide bonds. The molecule has 2 saturated carbocycles. The van der Waals surface area contributed by atoms with Crippen molar-refractivity contribution in [2.24, 2.45) is 17.3 Å². The van der Waals surface area contributed by atoms with Gasteiger partial charge in [0.25, 0.3) is 0 Å². The van der Waals surface area contributed by atoms with E-state index in [1.807, 2.05) is 0 Å². The van der Waals surface area contributed by atoms with Gasteiger partial charge in [-0.05, 0) is 37.5 Å². The molecule has 0 aromatic heterocycles. The fraction of sp³-hybridized carbons (Fsp3) is 0.933. The Bertz CT molecular complexity index is 311. The van der Waals surface area contributed by atoms with Crippen molar-refractivity contribution in [2.45, 2.75) is 57.5 Å². The van der Waals surface area contributed by atoms with E-state index in [2.05, 4.69) is 4.74 Å². The molecule has 0 aliphatic heterocycles. The van der Waals surface area contributed by atoms with Gasteiger partial charge in [-0.25, -0.2) is 0 Å². The van der Waals surface area contributed by atoms with Gasteiger partial charge in [-0.15, -0.1) is 0 Å². The first-order valence-corrected chi connectivity index (χ1v) is 7.52. The fourth-order valence-electron chi connectivity index (χ4n) is 4.19.